The summed E-state index contributed by atoms with van der Waals surface area (Å²) >= 11 is 0. The third-order valence-electron chi connectivity index (χ3n) is 4.97. The molecule has 5 nitrogen and oxygen atoms in total. The van der Waals surface area contributed by atoms with Gasteiger partial charge in [-0.05, 0) is 55.3 Å². The van der Waals surface area contributed by atoms with E-state index in [0.29, 0.717) is 22.6 Å². The van der Waals surface area contributed by atoms with Crippen LogP contribution in [0.1, 0.15) is 32.1 Å². The van der Waals surface area contributed by atoms with E-state index in [1.165, 1.54) is 31.4 Å². The summed E-state index contributed by atoms with van der Waals surface area (Å²) in [6.07, 6.45) is 6.01. The third kappa shape index (κ3) is 3.12. The maximum atomic E-state index is 12.6. The van der Waals surface area contributed by atoms with Gasteiger partial charge in [0, 0.05) is 17.3 Å². The monoisotopic (exact) mass is 351 g/mol. The van der Waals surface area contributed by atoms with Gasteiger partial charge in [-0.25, -0.2) is 0 Å². The Kier molecular flexibility index (Phi) is 4.29. The van der Waals surface area contributed by atoms with Crippen molar-refractivity contribution in [1.29, 1.82) is 0 Å². The average molecular weight is 351 g/mol. The summed E-state index contributed by atoms with van der Waals surface area (Å²) in [7, 11) is 0. The van der Waals surface area contributed by atoms with E-state index in [4.69, 9.17) is 4.42 Å². The molecule has 1 aromatic heterocycles. The summed E-state index contributed by atoms with van der Waals surface area (Å²) in [5.74, 6) is -0.205. The summed E-state index contributed by atoms with van der Waals surface area (Å²) in [4.78, 5) is 12.6. The second-order valence-corrected chi connectivity index (χ2v) is 6.85. The van der Waals surface area contributed by atoms with Crippen LogP contribution in [0.2, 0.25) is 0 Å². The first kappa shape index (κ1) is 16.5. The van der Waals surface area contributed by atoms with Crippen LogP contribution in [0.15, 0.2) is 51.7 Å². The summed E-state index contributed by atoms with van der Waals surface area (Å²) in [5, 5.41) is 23.6. The quantitative estimate of drug-likeness (QED) is 0.641. The van der Waals surface area contributed by atoms with Gasteiger partial charge >= 0.3 is 0 Å². The highest BCUT2D eigenvalue weighted by atomic mass is 16.4. The molecule has 134 valence electrons. The molecule has 1 heterocycles. The fraction of sp³-hybridized carbons (Fsp3) is 0.286. The number of rotatable bonds is 3. The normalized spacial score (nSPS) is 15.2. The van der Waals surface area contributed by atoms with Gasteiger partial charge in [0.25, 0.3) is 0 Å². The second kappa shape index (κ2) is 6.75. The minimum atomic E-state index is -0.457. The molecule has 0 bridgehead atoms. The van der Waals surface area contributed by atoms with E-state index in [9.17, 15) is 15.0 Å². The van der Waals surface area contributed by atoms with Crippen LogP contribution < -0.4 is 10.7 Å². The zero-order valence-electron chi connectivity index (χ0n) is 14.4. The topological polar surface area (TPSA) is 82.7 Å². The van der Waals surface area contributed by atoms with Crippen molar-refractivity contribution in [3.05, 3.63) is 52.7 Å². The highest BCUT2D eigenvalue weighted by Crippen LogP contribution is 2.32. The number of fused-ring (bicyclic) bond motifs is 1. The second-order valence-electron chi connectivity index (χ2n) is 6.85. The molecule has 1 fully saturated rings. The Hall–Kier alpha value is -2.95. The van der Waals surface area contributed by atoms with Gasteiger partial charge < -0.3 is 19.9 Å². The molecule has 1 saturated carbocycles. The molecule has 3 N–H and O–H groups in total. The molecule has 0 radical (unpaired) electrons. The zero-order chi connectivity index (χ0) is 18.1. The van der Waals surface area contributed by atoms with Crippen LogP contribution in [-0.4, -0.2) is 16.3 Å². The summed E-state index contributed by atoms with van der Waals surface area (Å²) in [6, 6.07) is 12.0. The molecular weight excluding hydrogens is 330 g/mol. The Morgan fingerprint density at radius 1 is 0.962 bits per heavy atom. The van der Waals surface area contributed by atoms with Crippen LogP contribution in [0.5, 0.6) is 11.5 Å². The van der Waals surface area contributed by atoms with E-state index >= 15 is 0 Å². The van der Waals surface area contributed by atoms with Crippen LogP contribution >= 0.6 is 0 Å². The fourth-order valence-corrected chi connectivity index (χ4v) is 3.57. The van der Waals surface area contributed by atoms with E-state index in [0.717, 1.165) is 18.5 Å². The lowest BCUT2D eigenvalue weighted by Crippen LogP contribution is -2.22. The number of hydrogen-bond acceptors (Lipinski definition) is 5. The number of hydrogen-bond donors (Lipinski definition) is 3. The molecule has 0 amide bonds. The number of phenolic OH excluding ortho intramolecular Hbond substituents is 1. The minimum absolute atomic E-state index is 0.106. The average Bonchev–Trinajstić information content (AvgIpc) is 2.67. The van der Waals surface area contributed by atoms with Gasteiger partial charge in [-0.3, -0.25) is 4.79 Å². The molecule has 0 spiro atoms. The van der Waals surface area contributed by atoms with Crippen molar-refractivity contribution in [1.82, 2.24) is 0 Å². The summed E-state index contributed by atoms with van der Waals surface area (Å²) < 4.78 is 5.78. The van der Waals surface area contributed by atoms with E-state index in [-0.39, 0.29) is 11.5 Å². The molecule has 1 aliphatic rings. The van der Waals surface area contributed by atoms with Crippen LogP contribution in [-0.2, 0) is 0 Å². The number of anilines is 1. The first-order chi connectivity index (χ1) is 12.6. The molecule has 5 heteroatoms. The SMILES string of the molecule is O=c1c(O)c(-c2ccc(O)cc2)oc2ccc(NC3CCCCC3)cc12. The highest BCUT2D eigenvalue weighted by Gasteiger charge is 2.17. The van der Waals surface area contributed by atoms with Crippen molar-refractivity contribution < 1.29 is 14.6 Å². The number of nitrogens with one attached hydrogen (secondary N) is 1. The van der Waals surface area contributed by atoms with Crippen LogP contribution in [0, 0.1) is 0 Å². The third-order valence-corrected chi connectivity index (χ3v) is 4.97. The van der Waals surface area contributed by atoms with Crippen molar-refractivity contribution in [2.75, 3.05) is 5.32 Å². The van der Waals surface area contributed by atoms with E-state index < -0.39 is 11.2 Å². The van der Waals surface area contributed by atoms with Crippen LogP contribution in [0.3, 0.4) is 0 Å². The van der Waals surface area contributed by atoms with Crippen molar-refractivity contribution >= 4 is 16.7 Å². The zero-order valence-corrected chi connectivity index (χ0v) is 14.4. The van der Waals surface area contributed by atoms with Gasteiger partial charge in [0.2, 0.25) is 11.2 Å². The number of aromatic hydroxyl groups is 2. The van der Waals surface area contributed by atoms with Gasteiger partial charge in [0.1, 0.15) is 11.3 Å². The highest BCUT2D eigenvalue weighted by molar-refractivity contribution is 5.84. The maximum Gasteiger partial charge on any atom is 0.235 e. The van der Waals surface area contributed by atoms with E-state index in [2.05, 4.69) is 5.32 Å². The Labute approximate surface area is 150 Å². The molecule has 2 aromatic carbocycles. The van der Waals surface area contributed by atoms with E-state index in [1.54, 1.807) is 24.3 Å². The number of benzene rings is 2. The number of phenols is 1. The molecule has 0 unspecified atom stereocenters. The predicted octanol–water partition coefficient (Wildman–Crippen LogP) is 4.62. The van der Waals surface area contributed by atoms with Gasteiger partial charge in [-0.2, -0.15) is 0 Å². The standard InChI is InChI=1S/C21H21NO4/c23-16-9-6-13(7-10-16)21-20(25)19(24)17-12-15(8-11-18(17)26-21)22-14-4-2-1-3-5-14/h6-12,14,22-23,25H,1-5H2. The minimum Gasteiger partial charge on any atom is -0.508 e. The maximum absolute atomic E-state index is 12.6. The molecule has 1 aliphatic carbocycles. The molecular formula is C21H21NO4. The lowest BCUT2D eigenvalue weighted by atomic mass is 9.95. The molecule has 0 saturated heterocycles. The molecule has 0 atom stereocenters. The van der Waals surface area contributed by atoms with Gasteiger partial charge in [-0.1, -0.05) is 19.3 Å². The summed E-state index contributed by atoms with van der Waals surface area (Å²) in [5.41, 5.74) is 1.36. The Bertz CT molecular complexity index is 985. The lowest BCUT2D eigenvalue weighted by Gasteiger charge is -2.23. The lowest BCUT2D eigenvalue weighted by molar-refractivity contribution is 0.449. The van der Waals surface area contributed by atoms with Gasteiger partial charge in [0.05, 0.1) is 5.39 Å². The molecule has 4 rings (SSSR count). The van der Waals surface area contributed by atoms with Crippen molar-refractivity contribution in [2.24, 2.45) is 0 Å². The smallest absolute Gasteiger partial charge is 0.235 e. The van der Waals surface area contributed by atoms with E-state index in [1.807, 2.05) is 6.07 Å². The largest absolute Gasteiger partial charge is 0.508 e. The molecule has 0 aliphatic heterocycles. The summed E-state index contributed by atoms with van der Waals surface area (Å²) in [6.45, 7) is 0. The molecule has 3 aromatic rings. The fourth-order valence-electron chi connectivity index (χ4n) is 3.57. The van der Waals surface area contributed by atoms with Crippen LogP contribution in [0.25, 0.3) is 22.3 Å². The predicted molar refractivity (Wildman–Crippen MR) is 102 cm³/mol. The van der Waals surface area contributed by atoms with Crippen molar-refractivity contribution in [3.63, 3.8) is 0 Å². The Morgan fingerprint density at radius 3 is 2.42 bits per heavy atom. The van der Waals surface area contributed by atoms with Crippen molar-refractivity contribution in [3.8, 4) is 22.8 Å². The first-order valence-corrected chi connectivity index (χ1v) is 8.97. The van der Waals surface area contributed by atoms with Crippen LogP contribution in [0.4, 0.5) is 5.69 Å². The van der Waals surface area contributed by atoms with Crippen molar-refractivity contribution in [2.45, 2.75) is 38.1 Å². The van der Waals surface area contributed by atoms with Gasteiger partial charge in [-0.15, -0.1) is 0 Å². The first-order valence-electron chi connectivity index (χ1n) is 8.97. The van der Waals surface area contributed by atoms with Gasteiger partial charge in [0.15, 0.2) is 5.76 Å². The molecule has 26 heavy (non-hydrogen) atoms. The Morgan fingerprint density at radius 2 is 1.69 bits per heavy atom. The Balaban J connectivity index is 1.73.